The first kappa shape index (κ1) is 17.5. The zero-order valence-corrected chi connectivity index (χ0v) is 16.2. The summed E-state index contributed by atoms with van der Waals surface area (Å²) in [5.74, 6) is 1.38. The van der Waals surface area contributed by atoms with E-state index in [1.165, 1.54) is 0 Å². The lowest BCUT2D eigenvalue weighted by Crippen LogP contribution is -2.37. The second kappa shape index (κ2) is 7.09. The fourth-order valence-corrected chi connectivity index (χ4v) is 4.37. The lowest BCUT2D eigenvalue weighted by atomic mass is 9.97. The van der Waals surface area contributed by atoms with Gasteiger partial charge in [0.1, 0.15) is 0 Å². The molecule has 2 aliphatic rings. The number of piperidine rings is 1. The van der Waals surface area contributed by atoms with Crippen molar-refractivity contribution in [2.45, 2.75) is 52.1 Å². The van der Waals surface area contributed by atoms with Crippen molar-refractivity contribution in [3.8, 4) is 0 Å². The van der Waals surface area contributed by atoms with E-state index in [2.05, 4.69) is 25.3 Å². The first-order chi connectivity index (χ1) is 13.7. The van der Waals surface area contributed by atoms with Gasteiger partial charge in [-0.25, -0.2) is 4.68 Å². The van der Waals surface area contributed by atoms with Gasteiger partial charge < -0.3 is 0 Å². The van der Waals surface area contributed by atoms with Crippen molar-refractivity contribution in [3.63, 3.8) is 0 Å². The van der Waals surface area contributed by atoms with Crippen LogP contribution in [0.5, 0.6) is 0 Å². The lowest BCUT2D eigenvalue weighted by Gasteiger charge is -2.31. The van der Waals surface area contributed by atoms with Crippen molar-refractivity contribution in [2.24, 2.45) is 5.92 Å². The number of aryl methyl sites for hydroxylation is 3. The van der Waals surface area contributed by atoms with Gasteiger partial charge in [0.05, 0.1) is 17.9 Å². The van der Waals surface area contributed by atoms with Gasteiger partial charge in [-0.15, -0.1) is 10.2 Å². The van der Waals surface area contributed by atoms with Crippen molar-refractivity contribution in [1.82, 2.24) is 34.5 Å². The quantitative estimate of drug-likeness (QED) is 0.681. The highest BCUT2D eigenvalue weighted by molar-refractivity contribution is 5.36. The first-order valence-electron chi connectivity index (χ1n) is 10.2. The normalized spacial score (nSPS) is 18.0. The Morgan fingerprint density at radius 3 is 2.82 bits per heavy atom. The van der Waals surface area contributed by atoms with Crippen LogP contribution in [0.3, 0.4) is 0 Å². The molecule has 0 spiro atoms. The number of nitrogens with zero attached hydrogens (tertiary/aromatic N) is 7. The first-order valence-corrected chi connectivity index (χ1v) is 10.2. The van der Waals surface area contributed by atoms with Gasteiger partial charge in [-0.3, -0.25) is 9.69 Å². The number of likely N-dealkylation sites (tertiary alicyclic amines) is 1. The summed E-state index contributed by atoms with van der Waals surface area (Å²) in [6.45, 7) is 5.44. The van der Waals surface area contributed by atoms with E-state index in [4.69, 9.17) is 0 Å². The van der Waals surface area contributed by atoms with Gasteiger partial charge in [0.15, 0.2) is 11.5 Å². The van der Waals surface area contributed by atoms with Crippen LogP contribution in [-0.2, 0) is 25.9 Å². The number of hydrogen-bond donors (Lipinski definition) is 0. The van der Waals surface area contributed by atoms with Crippen molar-refractivity contribution in [3.05, 3.63) is 51.3 Å². The molecule has 1 fully saturated rings. The summed E-state index contributed by atoms with van der Waals surface area (Å²) in [5.41, 5.74) is 4.08. The fraction of sp³-hybridized carbons (Fsp3) is 0.550. The molecule has 1 aliphatic heterocycles. The highest BCUT2D eigenvalue weighted by Gasteiger charge is 2.23. The van der Waals surface area contributed by atoms with Crippen LogP contribution in [0.25, 0.3) is 5.65 Å². The molecule has 0 N–H and O–H groups in total. The summed E-state index contributed by atoms with van der Waals surface area (Å²) >= 11 is 0. The molecule has 0 bridgehead atoms. The molecule has 0 unspecified atom stereocenters. The Hall–Kier alpha value is -2.61. The van der Waals surface area contributed by atoms with Crippen LogP contribution in [0.2, 0.25) is 0 Å². The molecule has 146 valence electrons. The van der Waals surface area contributed by atoms with Crippen molar-refractivity contribution in [1.29, 1.82) is 0 Å². The number of hydrogen-bond acceptors (Lipinski definition) is 6. The molecule has 8 heteroatoms. The Kier molecular flexibility index (Phi) is 4.43. The maximum absolute atomic E-state index is 12.3. The Morgan fingerprint density at radius 1 is 1.11 bits per heavy atom. The summed E-state index contributed by atoms with van der Waals surface area (Å²) in [6.07, 6.45) is 5.26. The summed E-state index contributed by atoms with van der Waals surface area (Å²) in [6, 6.07) is 5.70. The molecule has 5 rings (SSSR count). The second-order valence-corrected chi connectivity index (χ2v) is 8.07. The van der Waals surface area contributed by atoms with Crippen LogP contribution in [0, 0.1) is 12.8 Å². The van der Waals surface area contributed by atoms with E-state index in [0.29, 0.717) is 5.92 Å². The maximum Gasteiger partial charge on any atom is 0.267 e. The minimum atomic E-state index is 0.0550. The Bertz CT molecular complexity index is 1060. The van der Waals surface area contributed by atoms with E-state index >= 15 is 0 Å². The molecule has 4 heterocycles. The SMILES string of the molecule is Cc1ccc2nnc(CN3CCC(Cn4nc5c(cc4=O)CCC5)CC3)n2n1. The van der Waals surface area contributed by atoms with E-state index in [1.54, 1.807) is 10.7 Å². The van der Waals surface area contributed by atoms with E-state index in [-0.39, 0.29) is 5.56 Å². The minimum absolute atomic E-state index is 0.0550. The molecule has 28 heavy (non-hydrogen) atoms. The molecule has 0 radical (unpaired) electrons. The van der Waals surface area contributed by atoms with E-state index in [1.807, 2.05) is 23.6 Å². The second-order valence-electron chi connectivity index (χ2n) is 8.07. The Labute approximate surface area is 163 Å². The Morgan fingerprint density at radius 2 is 1.96 bits per heavy atom. The third kappa shape index (κ3) is 3.32. The molecule has 0 saturated carbocycles. The van der Waals surface area contributed by atoms with Crippen molar-refractivity contribution in [2.75, 3.05) is 13.1 Å². The number of fused-ring (bicyclic) bond motifs is 2. The summed E-state index contributed by atoms with van der Waals surface area (Å²) in [7, 11) is 0. The van der Waals surface area contributed by atoms with Gasteiger partial charge >= 0.3 is 0 Å². The zero-order valence-electron chi connectivity index (χ0n) is 16.2. The Balaban J connectivity index is 1.22. The average Bonchev–Trinajstić information content (AvgIpc) is 3.30. The van der Waals surface area contributed by atoms with Gasteiger partial charge in [-0.1, -0.05) is 0 Å². The monoisotopic (exact) mass is 379 g/mol. The molecular formula is C20H25N7O. The predicted octanol–water partition coefficient (Wildman–Crippen LogP) is 1.39. The van der Waals surface area contributed by atoms with E-state index in [9.17, 15) is 4.79 Å². The molecule has 3 aromatic heterocycles. The standard InChI is InChI=1S/C20H25N7O/c1-14-5-6-18-21-22-19(27(18)23-14)13-25-9-7-15(8-10-25)12-26-20(28)11-16-3-2-4-17(16)24-26/h5-6,11,15H,2-4,7-10,12-13H2,1H3. The predicted molar refractivity (Wildman–Crippen MR) is 104 cm³/mol. The largest absolute Gasteiger partial charge is 0.296 e. The van der Waals surface area contributed by atoms with Gasteiger partial charge in [0, 0.05) is 12.6 Å². The van der Waals surface area contributed by atoms with Crippen LogP contribution in [0.1, 0.15) is 42.0 Å². The molecule has 1 saturated heterocycles. The van der Waals surface area contributed by atoms with Crippen molar-refractivity contribution < 1.29 is 0 Å². The van der Waals surface area contributed by atoms with Crippen LogP contribution in [0.15, 0.2) is 23.0 Å². The molecule has 0 amide bonds. The highest BCUT2D eigenvalue weighted by Crippen LogP contribution is 2.21. The van der Waals surface area contributed by atoms with Crippen LogP contribution in [0.4, 0.5) is 0 Å². The van der Waals surface area contributed by atoms with Gasteiger partial charge in [-0.2, -0.15) is 14.7 Å². The molecule has 0 aromatic carbocycles. The average molecular weight is 379 g/mol. The van der Waals surface area contributed by atoms with Crippen LogP contribution >= 0.6 is 0 Å². The van der Waals surface area contributed by atoms with E-state index in [0.717, 1.165) is 86.7 Å². The smallest absolute Gasteiger partial charge is 0.267 e. The molecule has 3 aromatic rings. The van der Waals surface area contributed by atoms with Gasteiger partial charge in [0.2, 0.25) is 0 Å². The van der Waals surface area contributed by atoms with E-state index < -0.39 is 0 Å². The lowest BCUT2D eigenvalue weighted by molar-refractivity contribution is 0.159. The summed E-state index contributed by atoms with van der Waals surface area (Å²) in [4.78, 5) is 14.7. The highest BCUT2D eigenvalue weighted by atomic mass is 16.1. The molecule has 8 nitrogen and oxygen atoms in total. The summed E-state index contributed by atoms with van der Waals surface area (Å²) in [5, 5.41) is 17.7. The minimum Gasteiger partial charge on any atom is -0.296 e. The summed E-state index contributed by atoms with van der Waals surface area (Å²) < 4.78 is 3.54. The number of rotatable bonds is 4. The maximum atomic E-state index is 12.3. The topological polar surface area (TPSA) is 81.2 Å². The zero-order chi connectivity index (χ0) is 19.1. The third-order valence-corrected chi connectivity index (χ3v) is 5.99. The third-order valence-electron chi connectivity index (χ3n) is 5.99. The number of aromatic nitrogens is 6. The van der Waals surface area contributed by atoms with Crippen molar-refractivity contribution >= 4 is 5.65 Å². The van der Waals surface area contributed by atoms with Crippen LogP contribution < -0.4 is 5.56 Å². The molecule has 1 aliphatic carbocycles. The molecular weight excluding hydrogens is 354 g/mol. The van der Waals surface area contributed by atoms with Crippen LogP contribution in [-0.4, -0.2) is 47.6 Å². The van der Waals surface area contributed by atoms with Gasteiger partial charge in [0.25, 0.3) is 5.56 Å². The fourth-order valence-electron chi connectivity index (χ4n) is 4.37. The van der Waals surface area contributed by atoms with Gasteiger partial charge in [-0.05, 0) is 75.7 Å². The molecule has 0 atom stereocenters.